The van der Waals surface area contributed by atoms with Gasteiger partial charge in [-0.15, -0.1) is 0 Å². The number of amides is 2. The second kappa shape index (κ2) is 12.0. The number of benzene rings is 3. The van der Waals surface area contributed by atoms with Crippen LogP contribution in [0.1, 0.15) is 22.9 Å². The molecule has 1 heterocycles. The highest BCUT2D eigenvalue weighted by Gasteiger charge is 2.32. The maximum absolute atomic E-state index is 13.5. The minimum Gasteiger partial charge on any atom is -0.482 e. The highest BCUT2D eigenvalue weighted by molar-refractivity contribution is 6.32. The first-order valence-corrected chi connectivity index (χ1v) is 11.7. The van der Waals surface area contributed by atoms with Crippen molar-refractivity contribution < 1.29 is 23.1 Å². The largest absolute Gasteiger partial charge is 0.482 e. The van der Waals surface area contributed by atoms with Gasteiger partial charge in [-0.3, -0.25) is 9.59 Å². The van der Waals surface area contributed by atoms with Crippen LogP contribution in [0.2, 0.25) is 5.02 Å². The molecule has 0 fully saturated rings. The van der Waals surface area contributed by atoms with Crippen LogP contribution < -0.4 is 10.1 Å². The number of halogens is 2. The van der Waals surface area contributed by atoms with E-state index in [1.54, 1.807) is 72.8 Å². The third-order valence-electron chi connectivity index (χ3n) is 5.47. The maximum Gasteiger partial charge on any atom is 0.261 e. The van der Waals surface area contributed by atoms with Crippen LogP contribution in [0, 0.1) is 5.82 Å². The molecule has 184 valence electrons. The minimum absolute atomic E-state index is 0.0543. The van der Waals surface area contributed by atoms with Gasteiger partial charge in [-0.25, -0.2) is 4.39 Å². The highest BCUT2D eigenvalue weighted by Crippen LogP contribution is 2.26. The molecule has 0 bridgehead atoms. The van der Waals surface area contributed by atoms with E-state index in [4.69, 9.17) is 20.8 Å². The standard InChI is InChI=1S/C28H24ClFN2O4/c29-24-10-4-5-11-25(24)36-19-26(33)32(18-20-12-14-22(30)15-13-20)27(21-7-2-1-3-8-21)28(34)31-17-23-9-6-16-35-23/h1-16,27H,17-19H2,(H,31,34)/t27-/m1/s1. The number of para-hydroxylation sites is 1. The molecule has 1 N–H and O–H groups in total. The summed E-state index contributed by atoms with van der Waals surface area (Å²) in [6.45, 7) is -0.137. The van der Waals surface area contributed by atoms with Crippen LogP contribution in [-0.2, 0) is 22.7 Å². The molecule has 0 saturated carbocycles. The lowest BCUT2D eigenvalue weighted by atomic mass is 10.0. The van der Waals surface area contributed by atoms with Gasteiger partial charge in [0, 0.05) is 6.54 Å². The number of nitrogens with zero attached hydrogens (tertiary/aromatic N) is 1. The predicted octanol–water partition coefficient (Wildman–Crippen LogP) is 5.54. The van der Waals surface area contributed by atoms with Crippen molar-refractivity contribution in [3.63, 3.8) is 0 Å². The molecule has 3 aromatic carbocycles. The number of hydrogen-bond acceptors (Lipinski definition) is 4. The fourth-order valence-electron chi connectivity index (χ4n) is 3.69. The number of rotatable bonds is 10. The van der Waals surface area contributed by atoms with Crippen LogP contribution in [0.15, 0.2) is 102 Å². The molecule has 1 aromatic heterocycles. The average molecular weight is 507 g/mol. The van der Waals surface area contributed by atoms with Crippen LogP contribution in [0.5, 0.6) is 5.75 Å². The Kier molecular flexibility index (Phi) is 8.36. The molecule has 0 radical (unpaired) electrons. The fraction of sp³-hybridized carbons (Fsp3) is 0.143. The van der Waals surface area contributed by atoms with E-state index in [0.29, 0.717) is 27.7 Å². The van der Waals surface area contributed by atoms with E-state index in [9.17, 15) is 14.0 Å². The zero-order valence-corrected chi connectivity index (χ0v) is 20.0. The zero-order chi connectivity index (χ0) is 25.3. The molecule has 4 rings (SSSR count). The van der Waals surface area contributed by atoms with Gasteiger partial charge in [-0.05, 0) is 47.5 Å². The summed E-state index contributed by atoms with van der Waals surface area (Å²) in [5.41, 5.74) is 1.27. The molecule has 36 heavy (non-hydrogen) atoms. The quantitative estimate of drug-likeness (QED) is 0.306. The third kappa shape index (κ3) is 6.52. The van der Waals surface area contributed by atoms with Crippen molar-refractivity contribution in [1.82, 2.24) is 10.2 Å². The molecule has 0 unspecified atom stereocenters. The summed E-state index contributed by atoms with van der Waals surface area (Å²) in [6.07, 6.45) is 1.52. The van der Waals surface area contributed by atoms with Crippen molar-refractivity contribution in [2.45, 2.75) is 19.1 Å². The number of ether oxygens (including phenoxy) is 1. The summed E-state index contributed by atoms with van der Waals surface area (Å²) in [6, 6.07) is 24.1. The first-order chi connectivity index (χ1) is 17.5. The van der Waals surface area contributed by atoms with Gasteiger partial charge in [0.25, 0.3) is 5.91 Å². The van der Waals surface area contributed by atoms with E-state index < -0.39 is 23.7 Å². The molecule has 0 aliphatic heterocycles. The Labute approximate surface area is 213 Å². The summed E-state index contributed by atoms with van der Waals surface area (Å²) in [5.74, 6) is -0.303. The lowest BCUT2D eigenvalue weighted by molar-refractivity contribution is -0.143. The Morgan fingerprint density at radius 3 is 2.36 bits per heavy atom. The lowest BCUT2D eigenvalue weighted by Crippen LogP contribution is -2.45. The second-order valence-corrected chi connectivity index (χ2v) is 8.38. The summed E-state index contributed by atoms with van der Waals surface area (Å²) < 4.78 is 24.5. The van der Waals surface area contributed by atoms with Crippen molar-refractivity contribution in [2.24, 2.45) is 0 Å². The first kappa shape index (κ1) is 25.0. The van der Waals surface area contributed by atoms with Gasteiger partial charge in [0.2, 0.25) is 5.91 Å². The van der Waals surface area contributed by atoms with E-state index in [2.05, 4.69) is 5.32 Å². The molecule has 0 saturated heterocycles. The Morgan fingerprint density at radius 1 is 0.944 bits per heavy atom. The topological polar surface area (TPSA) is 71.8 Å². The molecule has 4 aromatic rings. The number of furan rings is 1. The molecular formula is C28H24ClFN2O4. The Bertz CT molecular complexity index is 1280. The summed E-state index contributed by atoms with van der Waals surface area (Å²) in [7, 11) is 0. The van der Waals surface area contributed by atoms with Crippen LogP contribution in [0.3, 0.4) is 0 Å². The minimum atomic E-state index is -0.978. The second-order valence-electron chi connectivity index (χ2n) is 7.98. The maximum atomic E-state index is 13.5. The molecule has 0 spiro atoms. The average Bonchev–Trinajstić information content (AvgIpc) is 3.42. The third-order valence-corrected chi connectivity index (χ3v) is 5.78. The number of carbonyl (C=O) groups is 2. The SMILES string of the molecule is O=C(NCc1ccco1)[C@@H](c1ccccc1)N(Cc1ccc(F)cc1)C(=O)COc1ccccc1Cl. The van der Waals surface area contributed by atoms with Gasteiger partial charge in [0.05, 0.1) is 17.8 Å². The van der Waals surface area contributed by atoms with Crippen LogP contribution in [-0.4, -0.2) is 23.3 Å². The van der Waals surface area contributed by atoms with E-state index in [-0.39, 0.29) is 19.7 Å². The van der Waals surface area contributed by atoms with Crippen LogP contribution in [0.4, 0.5) is 4.39 Å². The Hall–Kier alpha value is -4.10. The van der Waals surface area contributed by atoms with Crippen molar-refractivity contribution in [3.05, 3.63) is 125 Å². The number of nitrogens with one attached hydrogen (secondary N) is 1. The van der Waals surface area contributed by atoms with E-state index in [1.807, 2.05) is 6.07 Å². The Morgan fingerprint density at radius 2 is 1.67 bits per heavy atom. The van der Waals surface area contributed by atoms with E-state index in [1.165, 1.54) is 23.3 Å². The van der Waals surface area contributed by atoms with Gasteiger partial charge < -0.3 is 19.4 Å². The number of carbonyl (C=O) groups excluding carboxylic acids is 2. The molecule has 0 aliphatic carbocycles. The Balaban J connectivity index is 1.63. The van der Waals surface area contributed by atoms with Crippen molar-refractivity contribution in [1.29, 1.82) is 0 Å². The molecule has 6 nitrogen and oxygen atoms in total. The lowest BCUT2D eigenvalue weighted by Gasteiger charge is -2.31. The highest BCUT2D eigenvalue weighted by atomic mass is 35.5. The summed E-state index contributed by atoms with van der Waals surface area (Å²) in [4.78, 5) is 28.4. The molecular weight excluding hydrogens is 483 g/mol. The summed E-state index contributed by atoms with van der Waals surface area (Å²) in [5, 5.41) is 3.22. The zero-order valence-electron chi connectivity index (χ0n) is 19.3. The van der Waals surface area contributed by atoms with Crippen LogP contribution in [0.25, 0.3) is 0 Å². The molecule has 8 heteroatoms. The van der Waals surface area contributed by atoms with Gasteiger partial charge in [-0.1, -0.05) is 66.2 Å². The molecule has 2 amide bonds. The van der Waals surface area contributed by atoms with Crippen molar-refractivity contribution in [3.8, 4) is 5.75 Å². The van der Waals surface area contributed by atoms with E-state index in [0.717, 1.165) is 0 Å². The van der Waals surface area contributed by atoms with Gasteiger partial charge in [0.1, 0.15) is 23.4 Å². The first-order valence-electron chi connectivity index (χ1n) is 11.3. The predicted molar refractivity (Wildman–Crippen MR) is 134 cm³/mol. The monoisotopic (exact) mass is 506 g/mol. The van der Waals surface area contributed by atoms with Gasteiger partial charge >= 0.3 is 0 Å². The molecule has 0 aliphatic rings. The molecule has 1 atom stereocenters. The van der Waals surface area contributed by atoms with Crippen molar-refractivity contribution in [2.75, 3.05) is 6.61 Å². The normalized spacial score (nSPS) is 11.5. The fourth-order valence-corrected chi connectivity index (χ4v) is 3.88. The summed E-state index contributed by atoms with van der Waals surface area (Å²) >= 11 is 6.17. The number of hydrogen-bond donors (Lipinski definition) is 1. The van der Waals surface area contributed by atoms with Crippen LogP contribution >= 0.6 is 11.6 Å². The van der Waals surface area contributed by atoms with Gasteiger partial charge in [-0.2, -0.15) is 0 Å². The van der Waals surface area contributed by atoms with Gasteiger partial charge in [0.15, 0.2) is 6.61 Å². The smallest absolute Gasteiger partial charge is 0.261 e. The van der Waals surface area contributed by atoms with Crippen molar-refractivity contribution >= 4 is 23.4 Å². The van der Waals surface area contributed by atoms with E-state index >= 15 is 0 Å².